The van der Waals surface area contributed by atoms with Gasteiger partial charge < -0.3 is 27.6 Å². The number of allylic oxidation sites excluding steroid dienone is 8. The van der Waals surface area contributed by atoms with Gasteiger partial charge in [-0.2, -0.15) is 0 Å². The molecular weight excluding hydrogens is 426 g/mol. The number of nitrogens with zero attached hydrogens (tertiary/aromatic N) is 1. The molecule has 1 aromatic rings. The Morgan fingerprint density at radius 2 is 1.79 bits per heavy atom. The summed E-state index contributed by atoms with van der Waals surface area (Å²) in [7, 11) is 1.85. The van der Waals surface area contributed by atoms with E-state index in [0.717, 1.165) is 24.7 Å². The first-order valence-corrected chi connectivity index (χ1v) is 10.7. The monoisotopic (exact) mass is 463 g/mol. The minimum atomic E-state index is 0.222. The van der Waals surface area contributed by atoms with Crippen LogP contribution in [-0.2, 0) is 4.79 Å². The number of carbonyl (C=O) groups excluding carboxylic acids is 1. The van der Waals surface area contributed by atoms with Crippen LogP contribution in [0.2, 0.25) is 0 Å². The summed E-state index contributed by atoms with van der Waals surface area (Å²) in [4.78, 5) is 13.3. The summed E-state index contributed by atoms with van der Waals surface area (Å²) < 4.78 is 0. The van der Waals surface area contributed by atoms with Gasteiger partial charge in [0.15, 0.2) is 0 Å². The van der Waals surface area contributed by atoms with Gasteiger partial charge in [-0.05, 0) is 30.4 Å². The average Bonchev–Trinajstić information content (AvgIpc) is 2.86. The Labute approximate surface area is 203 Å². The number of nitrogen functional groups attached to an aromatic ring is 1. The van der Waals surface area contributed by atoms with Crippen molar-refractivity contribution in [1.29, 1.82) is 16.2 Å². The second-order valence-electron chi connectivity index (χ2n) is 6.05. The molecule has 182 valence electrons. The van der Waals surface area contributed by atoms with Crippen molar-refractivity contribution in [2.24, 2.45) is 10.7 Å². The van der Waals surface area contributed by atoms with Gasteiger partial charge in [0.25, 0.3) is 0 Å². The minimum Gasteiger partial charge on any atom is -0.398 e. The lowest BCUT2D eigenvalue weighted by Crippen LogP contribution is -2.15. The molecule has 0 saturated heterocycles. The molecule has 1 aromatic carbocycles. The van der Waals surface area contributed by atoms with Crippen LogP contribution in [0.3, 0.4) is 0 Å². The van der Waals surface area contributed by atoms with Gasteiger partial charge in [0.2, 0.25) is 0 Å². The number of aldehydes is 1. The van der Waals surface area contributed by atoms with E-state index in [1.165, 1.54) is 12.2 Å². The fourth-order valence-corrected chi connectivity index (χ4v) is 2.26. The molecule has 0 bridgehead atoms. The molecular formula is C26H37N7O. The first kappa shape index (κ1) is 31.9. The first-order chi connectivity index (χ1) is 16.4. The normalized spacial score (nSPS) is 11.3. The third kappa shape index (κ3) is 14.6. The highest BCUT2D eigenvalue weighted by molar-refractivity contribution is 6.07. The maximum atomic E-state index is 9.59. The van der Waals surface area contributed by atoms with E-state index in [2.05, 4.69) is 16.9 Å². The van der Waals surface area contributed by atoms with Gasteiger partial charge in [0, 0.05) is 54.3 Å². The van der Waals surface area contributed by atoms with Crippen LogP contribution in [0.15, 0.2) is 84.1 Å². The van der Waals surface area contributed by atoms with Crippen molar-refractivity contribution in [3.05, 3.63) is 90.2 Å². The predicted octanol–water partition coefficient (Wildman–Crippen LogP) is 4.55. The number of anilines is 1. The van der Waals surface area contributed by atoms with Gasteiger partial charge in [0.1, 0.15) is 18.5 Å². The Bertz CT molecular complexity index is 922. The Hall–Kier alpha value is -4.33. The number of aliphatic imine (C=N–C) groups is 1. The lowest BCUT2D eigenvalue weighted by molar-refractivity contribution is -0.104. The predicted molar refractivity (Wildman–Crippen MR) is 147 cm³/mol. The van der Waals surface area contributed by atoms with Crippen LogP contribution in [0, 0.1) is 16.2 Å². The second kappa shape index (κ2) is 21.9. The molecule has 0 fully saturated rings. The van der Waals surface area contributed by atoms with Crippen molar-refractivity contribution >= 4 is 36.1 Å². The summed E-state index contributed by atoms with van der Waals surface area (Å²) >= 11 is 0. The van der Waals surface area contributed by atoms with E-state index in [9.17, 15) is 4.79 Å². The quantitative estimate of drug-likeness (QED) is 0.0669. The Balaban J connectivity index is 0. The molecule has 1 rings (SSSR count). The standard InChI is InChI=1S/C18H24N6.C6H7NO.C2H6/c1-3-4-5-6-14(23-2)8-10-17(21)15-11-13(7-9-16(15)20)18(22)24-12-19;7-5-3-1-2-4-6-8;1-2/h3-5,7-9,11-12,21,23H,1,6,10,20H2,2H3,(H3,19,22,24);1-7H;1-2H3/b5-4-,14-8+,21-17?;3-1-,4-2+,7-5?;. The van der Waals surface area contributed by atoms with Crippen LogP contribution >= 0.6 is 0 Å². The highest BCUT2D eigenvalue weighted by Crippen LogP contribution is 2.17. The first-order valence-electron chi connectivity index (χ1n) is 10.7. The molecule has 0 aliphatic heterocycles. The highest BCUT2D eigenvalue weighted by atomic mass is 16.1. The highest BCUT2D eigenvalue weighted by Gasteiger charge is 2.08. The number of nitrogens with one attached hydrogen (secondary N) is 4. The lowest BCUT2D eigenvalue weighted by atomic mass is 10.0. The molecule has 8 N–H and O–H groups in total. The van der Waals surface area contributed by atoms with Gasteiger partial charge >= 0.3 is 0 Å². The maximum Gasteiger partial charge on any atom is 0.142 e. The largest absolute Gasteiger partial charge is 0.398 e. The number of carbonyl (C=O) groups is 1. The molecule has 0 aliphatic rings. The van der Waals surface area contributed by atoms with E-state index in [4.69, 9.17) is 27.7 Å². The topological polar surface area (TPSA) is 165 Å². The smallest absolute Gasteiger partial charge is 0.142 e. The van der Waals surface area contributed by atoms with Crippen molar-refractivity contribution in [3.63, 3.8) is 0 Å². The molecule has 8 heteroatoms. The number of hydrogen-bond acceptors (Lipinski definition) is 6. The van der Waals surface area contributed by atoms with E-state index in [1.807, 2.05) is 39.1 Å². The average molecular weight is 464 g/mol. The van der Waals surface area contributed by atoms with E-state index in [0.29, 0.717) is 35.2 Å². The van der Waals surface area contributed by atoms with Crippen LogP contribution in [0.5, 0.6) is 0 Å². The molecule has 0 atom stereocenters. The molecule has 0 aromatic heterocycles. The molecule has 0 aliphatic carbocycles. The summed E-state index contributed by atoms with van der Waals surface area (Å²) in [6.07, 6.45) is 17.5. The summed E-state index contributed by atoms with van der Waals surface area (Å²) in [5, 5.41) is 24.9. The lowest BCUT2D eigenvalue weighted by Gasteiger charge is -2.10. The van der Waals surface area contributed by atoms with E-state index in [-0.39, 0.29) is 5.84 Å². The van der Waals surface area contributed by atoms with E-state index in [1.54, 1.807) is 36.4 Å². The van der Waals surface area contributed by atoms with Crippen LogP contribution in [0.1, 0.15) is 37.8 Å². The molecule has 0 spiro atoms. The van der Waals surface area contributed by atoms with Crippen molar-refractivity contribution < 1.29 is 4.79 Å². The van der Waals surface area contributed by atoms with Crippen LogP contribution in [0.25, 0.3) is 0 Å². The zero-order chi connectivity index (χ0) is 26.2. The van der Waals surface area contributed by atoms with Crippen molar-refractivity contribution in [2.75, 3.05) is 12.8 Å². The summed E-state index contributed by atoms with van der Waals surface area (Å²) in [5.41, 5.74) is 14.9. The van der Waals surface area contributed by atoms with E-state index >= 15 is 0 Å². The van der Waals surface area contributed by atoms with Crippen LogP contribution in [-0.4, -0.2) is 37.4 Å². The van der Waals surface area contributed by atoms with Gasteiger partial charge in [-0.15, -0.1) is 0 Å². The SMILES string of the molecule is C=C/C=C\C/C(=C\CC(=N)c1cc(C(N)=NC=N)ccc1N)NC.CC.N=C/C=C\C=C\C=O. The summed E-state index contributed by atoms with van der Waals surface area (Å²) in [6, 6.07) is 5.15. The third-order valence-corrected chi connectivity index (χ3v) is 3.87. The van der Waals surface area contributed by atoms with Gasteiger partial charge in [-0.1, -0.05) is 56.9 Å². The number of amidine groups is 1. The zero-order valence-corrected chi connectivity index (χ0v) is 20.2. The molecule has 8 nitrogen and oxygen atoms in total. The van der Waals surface area contributed by atoms with Gasteiger partial charge in [0.05, 0.1) is 0 Å². The zero-order valence-electron chi connectivity index (χ0n) is 20.2. The van der Waals surface area contributed by atoms with Crippen molar-refractivity contribution in [3.8, 4) is 0 Å². The summed E-state index contributed by atoms with van der Waals surface area (Å²) in [5.74, 6) is 0.222. The second-order valence-corrected chi connectivity index (χ2v) is 6.05. The molecule has 0 amide bonds. The fourth-order valence-electron chi connectivity index (χ4n) is 2.26. The molecule has 0 unspecified atom stereocenters. The van der Waals surface area contributed by atoms with Crippen LogP contribution in [0.4, 0.5) is 5.69 Å². The van der Waals surface area contributed by atoms with Crippen LogP contribution < -0.4 is 16.8 Å². The van der Waals surface area contributed by atoms with Crippen molar-refractivity contribution in [1.82, 2.24) is 5.32 Å². The summed E-state index contributed by atoms with van der Waals surface area (Å²) in [6.45, 7) is 7.63. The maximum absolute atomic E-state index is 9.59. The van der Waals surface area contributed by atoms with Gasteiger partial charge in [-0.3, -0.25) is 10.2 Å². The molecule has 34 heavy (non-hydrogen) atoms. The Morgan fingerprint density at radius 3 is 2.35 bits per heavy atom. The minimum absolute atomic E-state index is 0.222. The Morgan fingerprint density at radius 1 is 1.12 bits per heavy atom. The van der Waals surface area contributed by atoms with E-state index < -0.39 is 0 Å². The fraction of sp³-hybridized carbons (Fsp3) is 0.192. The molecule has 0 heterocycles. The van der Waals surface area contributed by atoms with Crippen molar-refractivity contribution in [2.45, 2.75) is 26.7 Å². The molecule has 0 saturated carbocycles. The number of rotatable bonds is 12. The number of hydrogen-bond donors (Lipinski definition) is 6. The number of benzene rings is 1. The Kier molecular flexibility index (Phi) is 20.5. The van der Waals surface area contributed by atoms with Gasteiger partial charge in [-0.25, -0.2) is 4.99 Å². The number of nitrogens with two attached hydrogens (primary N) is 2. The third-order valence-electron chi connectivity index (χ3n) is 3.87. The molecule has 0 radical (unpaired) electrons.